The number of hydrogen-bond donors (Lipinski definition) is 1. The average molecular weight is 257 g/mol. The van der Waals surface area contributed by atoms with Gasteiger partial charge in [-0.05, 0) is 27.2 Å². The predicted molar refractivity (Wildman–Crippen MR) is 72.5 cm³/mol. The molecule has 0 aliphatic heterocycles. The van der Waals surface area contributed by atoms with Crippen LogP contribution in [0.4, 0.5) is 0 Å². The minimum atomic E-state index is -0.699. The first-order valence-electron chi connectivity index (χ1n) is 6.11. The fourth-order valence-electron chi connectivity index (χ4n) is 1.73. The van der Waals surface area contributed by atoms with Crippen LogP contribution < -0.4 is 5.32 Å². The Morgan fingerprint density at radius 2 is 2.24 bits per heavy atom. The molecule has 3 atom stereocenters. The molecule has 1 heterocycles. The van der Waals surface area contributed by atoms with Crippen molar-refractivity contribution in [3.05, 3.63) is 18.0 Å². The standard InChI is InChI=1S/C12H23N3OS/c1-5-15-9-12(8-13-15)11(3)14-10(2)6-7-17(4)16/h8-11,14H,5-7H2,1-4H3. The van der Waals surface area contributed by atoms with E-state index in [0.29, 0.717) is 6.04 Å². The van der Waals surface area contributed by atoms with Crippen molar-refractivity contribution in [2.75, 3.05) is 12.0 Å². The van der Waals surface area contributed by atoms with E-state index in [1.807, 2.05) is 10.9 Å². The number of aryl methyl sites for hydroxylation is 1. The summed E-state index contributed by atoms with van der Waals surface area (Å²) >= 11 is 0. The highest BCUT2D eigenvalue weighted by Gasteiger charge is 2.11. The molecule has 0 radical (unpaired) electrons. The lowest BCUT2D eigenvalue weighted by atomic mass is 10.1. The summed E-state index contributed by atoms with van der Waals surface area (Å²) in [6, 6.07) is 0.662. The van der Waals surface area contributed by atoms with E-state index in [1.54, 1.807) is 6.26 Å². The molecule has 0 amide bonds. The van der Waals surface area contributed by atoms with E-state index in [2.05, 4.69) is 37.4 Å². The summed E-state index contributed by atoms with van der Waals surface area (Å²) in [7, 11) is -0.699. The first-order chi connectivity index (χ1) is 8.02. The van der Waals surface area contributed by atoms with Gasteiger partial charge < -0.3 is 5.32 Å². The molecule has 1 aromatic heterocycles. The number of hydrogen-bond acceptors (Lipinski definition) is 3. The summed E-state index contributed by atoms with van der Waals surface area (Å²) in [5.41, 5.74) is 1.20. The molecular weight excluding hydrogens is 234 g/mol. The quantitative estimate of drug-likeness (QED) is 0.809. The summed E-state index contributed by atoms with van der Waals surface area (Å²) in [5.74, 6) is 0.759. The van der Waals surface area contributed by atoms with Crippen LogP contribution in [0.1, 0.15) is 38.8 Å². The second kappa shape index (κ2) is 6.91. The van der Waals surface area contributed by atoms with Crippen molar-refractivity contribution in [1.82, 2.24) is 15.1 Å². The smallest absolute Gasteiger partial charge is 0.0537 e. The van der Waals surface area contributed by atoms with Crippen molar-refractivity contribution >= 4 is 10.8 Å². The zero-order valence-corrected chi connectivity index (χ0v) is 12.0. The van der Waals surface area contributed by atoms with Gasteiger partial charge in [-0.25, -0.2) is 0 Å². The summed E-state index contributed by atoms with van der Waals surface area (Å²) < 4.78 is 12.9. The Kier molecular flexibility index (Phi) is 5.85. The number of aromatic nitrogens is 2. The zero-order valence-electron chi connectivity index (χ0n) is 11.1. The van der Waals surface area contributed by atoms with Gasteiger partial charge in [0.1, 0.15) is 0 Å². The van der Waals surface area contributed by atoms with Gasteiger partial charge in [0.25, 0.3) is 0 Å². The van der Waals surface area contributed by atoms with Gasteiger partial charge in [0.05, 0.1) is 6.20 Å². The maximum absolute atomic E-state index is 11.0. The van der Waals surface area contributed by atoms with E-state index in [0.717, 1.165) is 18.7 Å². The fraction of sp³-hybridized carbons (Fsp3) is 0.750. The van der Waals surface area contributed by atoms with Gasteiger partial charge in [0.2, 0.25) is 0 Å². The topological polar surface area (TPSA) is 46.9 Å². The molecule has 0 aromatic carbocycles. The maximum Gasteiger partial charge on any atom is 0.0537 e. The van der Waals surface area contributed by atoms with Gasteiger partial charge in [-0.1, -0.05) is 0 Å². The molecule has 4 nitrogen and oxygen atoms in total. The van der Waals surface area contributed by atoms with Crippen LogP contribution in [0.15, 0.2) is 12.4 Å². The molecule has 98 valence electrons. The van der Waals surface area contributed by atoms with Crippen molar-refractivity contribution in [2.45, 2.75) is 45.8 Å². The molecule has 0 saturated heterocycles. The third-order valence-corrected chi connectivity index (χ3v) is 3.66. The Morgan fingerprint density at radius 1 is 1.53 bits per heavy atom. The lowest BCUT2D eigenvalue weighted by molar-refractivity contribution is 0.470. The second-order valence-electron chi connectivity index (χ2n) is 4.48. The average Bonchev–Trinajstić information content (AvgIpc) is 2.74. The number of nitrogens with one attached hydrogen (secondary N) is 1. The van der Waals surface area contributed by atoms with Crippen molar-refractivity contribution in [1.29, 1.82) is 0 Å². The summed E-state index contributed by atoms with van der Waals surface area (Å²) in [5, 5.41) is 7.77. The van der Waals surface area contributed by atoms with Crippen molar-refractivity contribution in [3.63, 3.8) is 0 Å². The first kappa shape index (κ1) is 14.4. The normalized spacial score (nSPS) is 16.7. The summed E-state index contributed by atoms with van der Waals surface area (Å²) in [4.78, 5) is 0. The molecule has 0 bridgehead atoms. The molecule has 5 heteroatoms. The molecule has 0 fully saturated rings. The molecular formula is C12H23N3OS. The number of rotatable bonds is 7. The largest absolute Gasteiger partial charge is 0.308 e. The summed E-state index contributed by atoms with van der Waals surface area (Å²) in [6.45, 7) is 7.25. The molecule has 17 heavy (non-hydrogen) atoms. The summed E-state index contributed by atoms with van der Waals surface area (Å²) in [6.07, 6.45) is 6.67. The van der Waals surface area contributed by atoms with Crippen LogP contribution >= 0.6 is 0 Å². The molecule has 3 unspecified atom stereocenters. The van der Waals surface area contributed by atoms with Crippen LogP contribution in [0.5, 0.6) is 0 Å². The Morgan fingerprint density at radius 3 is 2.76 bits per heavy atom. The van der Waals surface area contributed by atoms with Crippen LogP contribution in [0, 0.1) is 0 Å². The Hall–Kier alpha value is -0.680. The van der Waals surface area contributed by atoms with Gasteiger partial charge in [0.15, 0.2) is 0 Å². The van der Waals surface area contributed by atoms with E-state index >= 15 is 0 Å². The highest BCUT2D eigenvalue weighted by molar-refractivity contribution is 7.84. The van der Waals surface area contributed by atoms with Crippen LogP contribution in [0.3, 0.4) is 0 Å². The Balaban J connectivity index is 2.42. The molecule has 0 saturated carbocycles. The highest BCUT2D eigenvalue weighted by Crippen LogP contribution is 2.12. The monoisotopic (exact) mass is 257 g/mol. The molecule has 0 aliphatic rings. The van der Waals surface area contributed by atoms with E-state index in [-0.39, 0.29) is 6.04 Å². The molecule has 1 aromatic rings. The third-order valence-electron chi connectivity index (χ3n) is 2.85. The molecule has 0 spiro atoms. The van der Waals surface area contributed by atoms with Crippen molar-refractivity contribution in [2.24, 2.45) is 0 Å². The lowest BCUT2D eigenvalue weighted by Crippen LogP contribution is -2.30. The van der Waals surface area contributed by atoms with E-state index in [1.165, 1.54) is 5.56 Å². The first-order valence-corrected chi connectivity index (χ1v) is 7.84. The van der Waals surface area contributed by atoms with Gasteiger partial charge in [-0.2, -0.15) is 5.10 Å². The van der Waals surface area contributed by atoms with Gasteiger partial charge in [-0.15, -0.1) is 0 Å². The number of nitrogens with zero attached hydrogens (tertiary/aromatic N) is 2. The molecule has 0 aliphatic carbocycles. The van der Waals surface area contributed by atoms with E-state index in [4.69, 9.17) is 0 Å². The van der Waals surface area contributed by atoms with E-state index in [9.17, 15) is 4.21 Å². The minimum absolute atomic E-state index is 0.288. The van der Waals surface area contributed by atoms with Gasteiger partial charge in [0, 0.05) is 53.2 Å². The van der Waals surface area contributed by atoms with Crippen LogP contribution in [-0.4, -0.2) is 32.0 Å². The maximum atomic E-state index is 11.0. The van der Waals surface area contributed by atoms with Crippen molar-refractivity contribution < 1.29 is 4.21 Å². The predicted octanol–water partition coefficient (Wildman–Crippen LogP) is 1.71. The fourth-order valence-corrected chi connectivity index (χ4v) is 2.41. The molecule has 1 rings (SSSR count). The van der Waals surface area contributed by atoms with Gasteiger partial charge >= 0.3 is 0 Å². The van der Waals surface area contributed by atoms with Crippen LogP contribution in [0.25, 0.3) is 0 Å². The minimum Gasteiger partial charge on any atom is -0.308 e. The zero-order chi connectivity index (χ0) is 12.8. The molecule has 1 N–H and O–H groups in total. The van der Waals surface area contributed by atoms with Crippen molar-refractivity contribution in [3.8, 4) is 0 Å². The highest BCUT2D eigenvalue weighted by atomic mass is 32.2. The lowest BCUT2D eigenvalue weighted by Gasteiger charge is -2.18. The van der Waals surface area contributed by atoms with Gasteiger partial charge in [-0.3, -0.25) is 8.89 Å². The van der Waals surface area contributed by atoms with Crippen LogP contribution in [0.2, 0.25) is 0 Å². The van der Waals surface area contributed by atoms with E-state index < -0.39 is 10.8 Å². The Labute approximate surface area is 106 Å². The SMILES string of the molecule is CCn1cc(C(C)NC(C)CCS(C)=O)cn1. The second-order valence-corrected chi connectivity index (χ2v) is 6.04. The van der Waals surface area contributed by atoms with Crippen LogP contribution in [-0.2, 0) is 17.3 Å². The third kappa shape index (κ3) is 5.00. The Bertz CT molecular complexity index is 364.